The summed E-state index contributed by atoms with van der Waals surface area (Å²) < 4.78 is 6.27. The van der Waals surface area contributed by atoms with Crippen LogP contribution in [0.25, 0.3) is 0 Å². The molecular formula is C15H17BrN2O2. The molecule has 20 heavy (non-hydrogen) atoms. The van der Waals surface area contributed by atoms with Gasteiger partial charge in [-0.2, -0.15) is 0 Å². The molecule has 0 aliphatic rings. The molecule has 0 bridgehead atoms. The number of carbonyl (C=O) groups excluding carboxylic acids is 1. The summed E-state index contributed by atoms with van der Waals surface area (Å²) in [5.74, 6) is 1.50. The summed E-state index contributed by atoms with van der Waals surface area (Å²) in [4.78, 5) is 12.2. The van der Waals surface area contributed by atoms with E-state index in [0.717, 1.165) is 21.6 Å². The zero-order valence-corrected chi connectivity index (χ0v) is 13.2. The van der Waals surface area contributed by atoms with Crippen LogP contribution in [0.3, 0.4) is 0 Å². The van der Waals surface area contributed by atoms with Crippen molar-refractivity contribution in [3.05, 3.63) is 51.4 Å². The second-order valence-corrected chi connectivity index (χ2v) is 5.75. The molecule has 1 heterocycles. The summed E-state index contributed by atoms with van der Waals surface area (Å²) >= 11 is 3.33. The first-order valence-electron chi connectivity index (χ1n) is 6.30. The molecule has 2 rings (SSSR count). The molecule has 4 nitrogen and oxygen atoms in total. The van der Waals surface area contributed by atoms with Crippen molar-refractivity contribution in [1.82, 2.24) is 5.32 Å². The Kier molecular flexibility index (Phi) is 4.18. The molecule has 1 aromatic carbocycles. The number of nitrogens with one attached hydrogen (secondary N) is 1. The summed E-state index contributed by atoms with van der Waals surface area (Å²) in [7, 11) is 0. The van der Waals surface area contributed by atoms with Gasteiger partial charge in [0.1, 0.15) is 11.5 Å². The van der Waals surface area contributed by atoms with E-state index in [-0.39, 0.29) is 11.9 Å². The van der Waals surface area contributed by atoms with Crippen LogP contribution in [0.1, 0.15) is 40.4 Å². The maximum atomic E-state index is 12.2. The number of aryl methyl sites for hydroxylation is 2. The quantitative estimate of drug-likeness (QED) is 0.839. The molecule has 0 spiro atoms. The summed E-state index contributed by atoms with van der Waals surface area (Å²) in [5, 5.41) is 2.95. The van der Waals surface area contributed by atoms with Crippen LogP contribution in [0.2, 0.25) is 0 Å². The number of amides is 1. The van der Waals surface area contributed by atoms with E-state index in [0.29, 0.717) is 11.3 Å². The first kappa shape index (κ1) is 14.7. The Labute approximate surface area is 126 Å². The lowest BCUT2D eigenvalue weighted by Crippen LogP contribution is -2.26. The number of furan rings is 1. The Bertz CT molecular complexity index is 629. The normalized spacial score (nSPS) is 12.2. The van der Waals surface area contributed by atoms with E-state index in [4.69, 9.17) is 10.2 Å². The van der Waals surface area contributed by atoms with E-state index in [1.54, 1.807) is 18.2 Å². The number of anilines is 1. The van der Waals surface area contributed by atoms with Gasteiger partial charge in [0.15, 0.2) is 0 Å². The number of rotatable bonds is 3. The summed E-state index contributed by atoms with van der Waals surface area (Å²) in [6.07, 6.45) is 0. The van der Waals surface area contributed by atoms with Gasteiger partial charge >= 0.3 is 0 Å². The van der Waals surface area contributed by atoms with Crippen LogP contribution < -0.4 is 11.1 Å². The van der Waals surface area contributed by atoms with Crippen LogP contribution in [-0.4, -0.2) is 5.91 Å². The van der Waals surface area contributed by atoms with E-state index in [1.165, 1.54) is 0 Å². The standard InChI is InChI=1S/C15H17BrN2O2/c1-8-4-14(10(3)20-8)9(2)18-15(19)11-5-12(16)7-13(17)6-11/h4-7,9H,17H2,1-3H3,(H,18,19). The SMILES string of the molecule is Cc1cc(C(C)NC(=O)c2cc(N)cc(Br)c2)c(C)o1. The van der Waals surface area contributed by atoms with Gasteiger partial charge in [-0.15, -0.1) is 0 Å². The molecule has 106 valence electrons. The number of nitrogens with two attached hydrogens (primary N) is 1. The van der Waals surface area contributed by atoms with Gasteiger partial charge in [-0.25, -0.2) is 0 Å². The third-order valence-corrected chi connectivity index (χ3v) is 3.53. The van der Waals surface area contributed by atoms with E-state index in [2.05, 4.69) is 21.2 Å². The fourth-order valence-corrected chi connectivity index (χ4v) is 2.69. The Morgan fingerprint density at radius 2 is 2.00 bits per heavy atom. The smallest absolute Gasteiger partial charge is 0.251 e. The zero-order chi connectivity index (χ0) is 14.9. The van der Waals surface area contributed by atoms with Crippen LogP contribution in [-0.2, 0) is 0 Å². The summed E-state index contributed by atoms with van der Waals surface area (Å²) in [6, 6.07) is 6.96. The lowest BCUT2D eigenvalue weighted by atomic mass is 10.1. The molecule has 1 atom stereocenters. The maximum absolute atomic E-state index is 12.2. The van der Waals surface area contributed by atoms with Crippen molar-refractivity contribution >= 4 is 27.5 Å². The van der Waals surface area contributed by atoms with Crippen molar-refractivity contribution in [3.8, 4) is 0 Å². The Hall–Kier alpha value is -1.75. The first-order chi connectivity index (χ1) is 9.36. The van der Waals surface area contributed by atoms with Gasteiger partial charge in [0.25, 0.3) is 5.91 Å². The summed E-state index contributed by atoms with van der Waals surface area (Å²) in [6.45, 7) is 5.71. The lowest BCUT2D eigenvalue weighted by Gasteiger charge is -2.13. The van der Waals surface area contributed by atoms with Gasteiger partial charge in [0.05, 0.1) is 6.04 Å². The average molecular weight is 337 g/mol. The highest BCUT2D eigenvalue weighted by Gasteiger charge is 2.16. The van der Waals surface area contributed by atoms with Gasteiger partial charge < -0.3 is 15.5 Å². The van der Waals surface area contributed by atoms with E-state index >= 15 is 0 Å². The molecule has 5 heteroatoms. The molecule has 0 saturated heterocycles. The number of carbonyl (C=O) groups is 1. The minimum Gasteiger partial charge on any atom is -0.466 e. The highest BCUT2D eigenvalue weighted by Crippen LogP contribution is 2.22. The number of halogens is 1. The van der Waals surface area contributed by atoms with Crippen LogP contribution in [0.4, 0.5) is 5.69 Å². The van der Waals surface area contributed by atoms with E-state index in [9.17, 15) is 4.79 Å². The van der Waals surface area contributed by atoms with Crippen molar-refractivity contribution in [2.24, 2.45) is 0 Å². The highest BCUT2D eigenvalue weighted by molar-refractivity contribution is 9.10. The predicted molar refractivity (Wildman–Crippen MR) is 82.6 cm³/mol. The molecule has 2 aromatic rings. The molecule has 3 N–H and O–H groups in total. The second kappa shape index (κ2) is 5.71. The Morgan fingerprint density at radius 3 is 2.55 bits per heavy atom. The summed E-state index contributed by atoms with van der Waals surface area (Å²) in [5.41, 5.74) is 7.80. The number of benzene rings is 1. The number of hydrogen-bond donors (Lipinski definition) is 2. The molecule has 1 amide bonds. The van der Waals surface area contributed by atoms with Crippen LogP contribution >= 0.6 is 15.9 Å². The van der Waals surface area contributed by atoms with E-state index in [1.807, 2.05) is 26.8 Å². The second-order valence-electron chi connectivity index (χ2n) is 4.84. The van der Waals surface area contributed by atoms with Crippen LogP contribution in [0.15, 0.2) is 33.2 Å². The fraction of sp³-hybridized carbons (Fsp3) is 0.267. The topological polar surface area (TPSA) is 68.3 Å². The predicted octanol–water partition coefficient (Wildman–Crippen LogP) is 3.73. The molecule has 0 radical (unpaired) electrons. The molecule has 0 fully saturated rings. The average Bonchev–Trinajstić information content (AvgIpc) is 2.67. The zero-order valence-electron chi connectivity index (χ0n) is 11.7. The van der Waals surface area contributed by atoms with Gasteiger partial charge in [-0.05, 0) is 45.0 Å². The molecule has 1 aromatic heterocycles. The van der Waals surface area contributed by atoms with Crippen molar-refractivity contribution in [2.45, 2.75) is 26.8 Å². The van der Waals surface area contributed by atoms with Gasteiger partial charge in [-0.3, -0.25) is 4.79 Å². The molecular weight excluding hydrogens is 320 g/mol. The largest absolute Gasteiger partial charge is 0.466 e. The first-order valence-corrected chi connectivity index (χ1v) is 7.10. The van der Waals surface area contributed by atoms with Gasteiger partial charge in [0.2, 0.25) is 0 Å². The maximum Gasteiger partial charge on any atom is 0.251 e. The molecule has 1 unspecified atom stereocenters. The van der Waals surface area contributed by atoms with Crippen molar-refractivity contribution in [3.63, 3.8) is 0 Å². The van der Waals surface area contributed by atoms with Crippen molar-refractivity contribution < 1.29 is 9.21 Å². The Balaban J connectivity index is 2.17. The lowest BCUT2D eigenvalue weighted by molar-refractivity contribution is 0.0939. The van der Waals surface area contributed by atoms with Crippen LogP contribution in [0, 0.1) is 13.8 Å². The van der Waals surface area contributed by atoms with Crippen LogP contribution in [0.5, 0.6) is 0 Å². The van der Waals surface area contributed by atoms with E-state index < -0.39 is 0 Å². The third kappa shape index (κ3) is 3.22. The highest BCUT2D eigenvalue weighted by atomic mass is 79.9. The number of nitrogen functional groups attached to an aromatic ring is 1. The Morgan fingerprint density at radius 1 is 1.30 bits per heavy atom. The minimum atomic E-state index is -0.163. The molecule has 0 aliphatic carbocycles. The van der Waals surface area contributed by atoms with Gasteiger partial charge in [-0.1, -0.05) is 15.9 Å². The fourth-order valence-electron chi connectivity index (χ4n) is 2.18. The number of hydrogen-bond acceptors (Lipinski definition) is 3. The molecule has 0 aliphatic heterocycles. The monoisotopic (exact) mass is 336 g/mol. The van der Waals surface area contributed by atoms with Crippen molar-refractivity contribution in [1.29, 1.82) is 0 Å². The minimum absolute atomic E-state index is 0.125. The van der Waals surface area contributed by atoms with Gasteiger partial charge in [0, 0.05) is 21.3 Å². The third-order valence-electron chi connectivity index (χ3n) is 3.08. The molecule has 0 saturated carbocycles. The van der Waals surface area contributed by atoms with Crippen molar-refractivity contribution in [2.75, 3.05) is 5.73 Å².